The number of carbonyl (C=O) groups excluding carboxylic acids is 1. The van der Waals surface area contributed by atoms with Gasteiger partial charge in [-0.3, -0.25) is 0 Å². The quantitative estimate of drug-likeness (QED) is 0.896. The van der Waals surface area contributed by atoms with Crippen LogP contribution in [-0.4, -0.2) is 41.9 Å². The minimum absolute atomic E-state index is 0.0716. The van der Waals surface area contributed by atoms with Crippen molar-refractivity contribution in [1.82, 2.24) is 4.90 Å². The summed E-state index contributed by atoms with van der Waals surface area (Å²) in [6.07, 6.45) is 2.60. The van der Waals surface area contributed by atoms with Gasteiger partial charge in [-0.05, 0) is 35.8 Å². The van der Waals surface area contributed by atoms with Crippen molar-refractivity contribution in [3.63, 3.8) is 0 Å². The molecule has 2 unspecified atom stereocenters. The van der Waals surface area contributed by atoms with E-state index in [1.807, 2.05) is 66.7 Å². The van der Waals surface area contributed by atoms with E-state index in [1.54, 1.807) is 0 Å². The van der Waals surface area contributed by atoms with E-state index in [1.165, 1.54) is 0 Å². The van der Waals surface area contributed by atoms with Gasteiger partial charge in [0.1, 0.15) is 18.4 Å². The van der Waals surface area contributed by atoms with Crippen LogP contribution in [0.1, 0.15) is 23.5 Å². The van der Waals surface area contributed by atoms with Crippen molar-refractivity contribution in [2.24, 2.45) is 0 Å². The molecule has 26 heavy (non-hydrogen) atoms. The van der Waals surface area contributed by atoms with Crippen LogP contribution in [0.25, 0.3) is 6.08 Å². The predicted molar refractivity (Wildman–Crippen MR) is 97.7 cm³/mol. The standard InChI is InChI=1S/C21H23NO4/c23-20-15-22(21(24)25)13-12-19(20)17-8-10-18(11-9-17)26-14-4-7-16-5-2-1-3-6-16/h1-11,19-20,23H,12-15H2,(H,24,25)/p-1/b7-4+. The van der Waals surface area contributed by atoms with Gasteiger partial charge in [0, 0.05) is 19.0 Å². The molecule has 2 atom stereocenters. The van der Waals surface area contributed by atoms with Crippen LogP contribution in [0.3, 0.4) is 0 Å². The fourth-order valence-corrected chi connectivity index (χ4v) is 3.19. The summed E-state index contributed by atoms with van der Waals surface area (Å²) in [6.45, 7) is 0.947. The first-order valence-corrected chi connectivity index (χ1v) is 8.72. The molecule has 1 N–H and O–H groups in total. The van der Waals surface area contributed by atoms with Crippen LogP contribution >= 0.6 is 0 Å². The zero-order valence-corrected chi connectivity index (χ0v) is 14.5. The number of hydrogen-bond acceptors (Lipinski definition) is 4. The number of hydrogen-bond donors (Lipinski definition) is 1. The Labute approximate surface area is 153 Å². The molecular weight excluding hydrogens is 330 g/mol. The summed E-state index contributed by atoms with van der Waals surface area (Å²) in [5, 5.41) is 21.1. The second kappa shape index (κ2) is 8.54. The van der Waals surface area contributed by atoms with E-state index < -0.39 is 12.2 Å². The van der Waals surface area contributed by atoms with E-state index >= 15 is 0 Å². The third kappa shape index (κ3) is 4.64. The molecule has 2 aromatic carbocycles. The van der Waals surface area contributed by atoms with Crippen LogP contribution < -0.4 is 9.84 Å². The van der Waals surface area contributed by atoms with Crippen LogP contribution in [0.2, 0.25) is 0 Å². The second-order valence-electron chi connectivity index (χ2n) is 6.37. The van der Waals surface area contributed by atoms with E-state index in [0.29, 0.717) is 19.6 Å². The summed E-state index contributed by atoms with van der Waals surface area (Å²) in [4.78, 5) is 12.0. The number of nitrogens with zero attached hydrogens (tertiary/aromatic N) is 1. The molecular formula is C21H22NO4-. The predicted octanol–water partition coefficient (Wildman–Crippen LogP) is 2.27. The molecule has 5 heteroatoms. The highest BCUT2D eigenvalue weighted by atomic mass is 16.5. The van der Waals surface area contributed by atoms with Crippen molar-refractivity contribution in [2.45, 2.75) is 18.4 Å². The van der Waals surface area contributed by atoms with E-state index in [9.17, 15) is 15.0 Å². The van der Waals surface area contributed by atoms with Crippen molar-refractivity contribution in [3.8, 4) is 5.75 Å². The van der Waals surface area contributed by atoms with E-state index in [4.69, 9.17) is 4.74 Å². The van der Waals surface area contributed by atoms with Crippen molar-refractivity contribution in [1.29, 1.82) is 0 Å². The minimum Gasteiger partial charge on any atom is -0.530 e. The number of aliphatic hydroxyl groups excluding tert-OH is 1. The molecule has 0 spiro atoms. The number of benzene rings is 2. The molecule has 136 valence electrons. The molecule has 0 radical (unpaired) electrons. The molecule has 1 fully saturated rings. The van der Waals surface area contributed by atoms with Gasteiger partial charge in [0.2, 0.25) is 0 Å². The number of amides is 1. The Hall–Kier alpha value is -2.79. The zero-order chi connectivity index (χ0) is 18.4. The highest BCUT2D eigenvalue weighted by molar-refractivity contribution is 5.62. The van der Waals surface area contributed by atoms with Gasteiger partial charge < -0.3 is 24.6 Å². The molecule has 1 aliphatic rings. The monoisotopic (exact) mass is 352 g/mol. The number of carbonyl (C=O) groups is 1. The summed E-state index contributed by atoms with van der Waals surface area (Å²) < 4.78 is 5.70. The lowest BCUT2D eigenvalue weighted by molar-refractivity contribution is -0.268. The van der Waals surface area contributed by atoms with Crippen LogP contribution in [0.15, 0.2) is 60.7 Å². The Morgan fingerprint density at radius 2 is 1.92 bits per heavy atom. The third-order valence-corrected chi connectivity index (χ3v) is 4.60. The van der Waals surface area contributed by atoms with Gasteiger partial charge in [-0.2, -0.15) is 0 Å². The molecule has 0 aromatic heterocycles. The van der Waals surface area contributed by atoms with Crippen molar-refractivity contribution >= 4 is 12.2 Å². The molecule has 1 amide bonds. The topological polar surface area (TPSA) is 72.8 Å². The number of aliphatic hydroxyl groups is 1. The number of likely N-dealkylation sites (tertiary alicyclic amines) is 1. The third-order valence-electron chi connectivity index (χ3n) is 4.60. The summed E-state index contributed by atoms with van der Waals surface area (Å²) in [5.74, 6) is 0.686. The van der Waals surface area contributed by atoms with Gasteiger partial charge in [0.25, 0.3) is 0 Å². The minimum atomic E-state index is -1.23. The lowest BCUT2D eigenvalue weighted by Gasteiger charge is -2.37. The summed E-state index contributed by atoms with van der Waals surface area (Å²) >= 11 is 0. The zero-order valence-electron chi connectivity index (χ0n) is 14.5. The fourth-order valence-electron chi connectivity index (χ4n) is 3.19. The lowest BCUT2D eigenvalue weighted by atomic mass is 9.87. The smallest absolute Gasteiger partial charge is 0.137 e. The van der Waals surface area contributed by atoms with Crippen LogP contribution in [0, 0.1) is 0 Å². The van der Waals surface area contributed by atoms with E-state index in [2.05, 4.69) is 0 Å². The Kier molecular flexibility index (Phi) is 5.92. The summed E-state index contributed by atoms with van der Waals surface area (Å²) in [7, 11) is 0. The average Bonchev–Trinajstić information content (AvgIpc) is 2.66. The number of β-amino-alcohol motifs (C(OH)–C–C–N with tert-alkyl or cyclic N) is 1. The maximum Gasteiger partial charge on any atom is 0.137 e. The molecule has 3 rings (SSSR count). The highest BCUT2D eigenvalue weighted by Crippen LogP contribution is 2.29. The van der Waals surface area contributed by atoms with Crippen LogP contribution in [0.4, 0.5) is 4.79 Å². The van der Waals surface area contributed by atoms with Gasteiger partial charge in [-0.15, -0.1) is 0 Å². The van der Waals surface area contributed by atoms with Crippen molar-refractivity contribution in [3.05, 3.63) is 71.8 Å². The molecule has 0 aliphatic carbocycles. The first kappa shape index (κ1) is 18.0. The molecule has 1 saturated heterocycles. The first-order chi connectivity index (χ1) is 12.6. The lowest BCUT2D eigenvalue weighted by Crippen LogP contribution is -2.50. The molecule has 1 aliphatic heterocycles. The van der Waals surface area contributed by atoms with Crippen molar-refractivity contribution < 1.29 is 19.7 Å². The number of rotatable bonds is 5. The Morgan fingerprint density at radius 1 is 1.19 bits per heavy atom. The molecule has 1 heterocycles. The second-order valence-corrected chi connectivity index (χ2v) is 6.37. The summed E-state index contributed by atoms with van der Waals surface area (Å²) in [6, 6.07) is 17.6. The average molecular weight is 352 g/mol. The van der Waals surface area contributed by atoms with E-state index in [0.717, 1.165) is 21.8 Å². The van der Waals surface area contributed by atoms with Gasteiger partial charge in [-0.25, -0.2) is 0 Å². The highest BCUT2D eigenvalue weighted by Gasteiger charge is 2.28. The van der Waals surface area contributed by atoms with Crippen LogP contribution in [-0.2, 0) is 0 Å². The molecule has 5 nitrogen and oxygen atoms in total. The maximum absolute atomic E-state index is 10.9. The largest absolute Gasteiger partial charge is 0.530 e. The van der Waals surface area contributed by atoms with Gasteiger partial charge in [-0.1, -0.05) is 48.5 Å². The molecule has 0 saturated carbocycles. The number of ether oxygens (including phenoxy) is 1. The maximum atomic E-state index is 10.9. The first-order valence-electron chi connectivity index (χ1n) is 8.72. The molecule has 0 bridgehead atoms. The number of piperidine rings is 1. The Morgan fingerprint density at radius 3 is 2.58 bits per heavy atom. The number of carboxylic acid groups (broad SMARTS) is 1. The van der Waals surface area contributed by atoms with Gasteiger partial charge in [0.15, 0.2) is 0 Å². The van der Waals surface area contributed by atoms with Crippen LogP contribution in [0.5, 0.6) is 5.75 Å². The Bertz CT molecular complexity index is 742. The van der Waals surface area contributed by atoms with Gasteiger partial charge >= 0.3 is 0 Å². The SMILES string of the molecule is O=C([O-])N1CCC(c2ccc(OC/C=C/c3ccccc3)cc2)C(O)C1. The van der Waals surface area contributed by atoms with Crippen molar-refractivity contribution in [2.75, 3.05) is 19.7 Å². The fraction of sp³-hybridized carbons (Fsp3) is 0.286. The summed E-state index contributed by atoms with van der Waals surface area (Å²) in [5.41, 5.74) is 2.12. The van der Waals surface area contributed by atoms with Gasteiger partial charge in [0.05, 0.1) is 6.10 Å². The van der Waals surface area contributed by atoms with E-state index in [-0.39, 0.29) is 12.5 Å². The Balaban J connectivity index is 1.52. The normalized spacial score (nSPS) is 20.3. The molecule has 2 aromatic rings.